The van der Waals surface area contributed by atoms with E-state index in [1.165, 1.54) is 0 Å². The van der Waals surface area contributed by atoms with Crippen LogP contribution in [0.5, 0.6) is 0 Å². The predicted molar refractivity (Wildman–Crippen MR) is 197 cm³/mol. The van der Waals surface area contributed by atoms with E-state index in [2.05, 4.69) is 29.2 Å². The predicted octanol–water partition coefficient (Wildman–Crippen LogP) is -13.0. The van der Waals surface area contributed by atoms with Crippen molar-refractivity contribution in [2.75, 3.05) is 0 Å². The van der Waals surface area contributed by atoms with Crippen molar-refractivity contribution in [2.45, 2.75) is 0 Å². The topological polar surface area (TPSA) is 258 Å². The lowest BCUT2D eigenvalue weighted by Crippen LogP contribution is -2.23. The summed E-state index contributed by atoms with van der Waals surface area (Å²) in [4.78, 5) is 0. The van der Waals surface area contributed by atoms with Crippen molar-refractivity contribution in [3.63, 3.8) is 0 Å². The second kappa shape index (κ2) is 61.2. The molecule has 0 N–H and O–H groups in total. The smallest absolute Gasteiger partial charge is 0.412 e. The van der Waals surface area contributed by atoms with Gasteiger partial charge in [0.05, 0.1) is 0 Å². The van der Waals surface area contributed by atoms with Gasteiger partial charge in [-0.15, -0.1) is 0 Å². The third-order valence-corrected chi connectivity index (χ3v) is 20.3. The molecule has 0 aliphatic carbocycles. The zero-order chi connectivity index (χ0) is 40.9. The van der Waals surface area contributed by atoms with Gasteiger partial charge in [-0.3, -0.25) is 0 Å². The van der Waals surface area contributed by atoms with Crippen molar-refractivity contribution in [3.05, 3.63) is 0 Å². The van der Waals surface area contributed by atoms with Crippen molar-refractivity contribution >= 4 is 291 Å². The Morgan fingerprint density at radius 1 is 0.123 bits per heavy atom. The van der Waals surface area contributed by atoms with Crippen LogP contribution in [0.25, 0.3) is 0 Å². The third-order valence-electron chi connectivity index (χ3n) is 2.25. The van der Waals surface area contributed by atoms with E-state index >= 15 is 0 Å². The first-order valence-corrected chi connectivity index (χ1v) is 34.3. The Balaban J connectivity index is 3.05. The van der Waals surface area contributed by atoms with Gasteiger partial charge in [0.1, 0.15) is 0 Å². The zero-order valence-electron chi connectivity index (χ0n) is 25.9. The van der Waals surface area contributed by atoms with Gasteiger partial charge in [0.2, 0.25) is 21.0 Å². The third kappa shape index (κ3) is 61.2. The molecule has 0 spiro atoms. The summed E-state index contributed by atoms with van der Waals surface area (Å²) < 4.78 is 142. The van der Waals surface area contributed by atoms with Crippen LogP contribution in [0.1, 0.15) is 0 Å². The van der Waals surface area contributed by atoms with E-state index in [0.29, 0.717) is 0 Å². The minimum absolute atomic E-state index is 0.143. The summed E-state index contributed by atoms with van der Waals surface area (Å²) in [6.45, 7) is 0. The Hall–Kier alpha value is 5.17. The molecule has 284 valence electrons. The highest BCUT2D eigenvalue weighted by atomic mass is 28.4. The Bertz CT molecular complexity index is 639. The fourth-order valence-electron chi connectivity index (χ4n) is 1.00. The lowest BCUT2D eigenvalue weighted by atomic mass is 15.7. The molecule has 57 heteroatoms. The molecule has 0 saturated heterocycles. The second-order valence-electron chi connectivity index (χ2n) is 5.11. The Morgan fingerprint density at radius 3 is 0.263 bits per heavy atom. The Kier molecular flexibility index (Phi) is 66.7. The summed E-state index contributed by atoms with van der Waals surface area (Å²) in [5, 5.41) is 0. The van der Waals surface area contributed by atoms with Crippen molar-refractivity contribution in [3.8, 4) is 0 Å². The van der Waals surface area contributed by atoms with E-state index in [1.807, 2.05) is 0 Å². The van der Waals surface area contributed by atoms with Crippen LogP contribution in [0.2, 0.25) is 0 Å². The average Bonchev–Trinajstić information content (AvgIpc) is 3.22. The van der Waals surface area contributed by atoms with Crippen molar-refractivity contribution < 1.29 is 115 Å². The molecular formula is O28Si29. The molecule has 0 amide bonds. The number of hydrogen-bond acceptors (Lipinski definition) is 28. The first kappa shape index (κ1) is 62.2. The van der Waals surface area contributed by atoms with Crippen molar-refractivity contribution in [1.29, 1.82) is 0 Å². The van der Waals surface area contributed by atoms with E-state index in [4.69, 9.17) is 107 Å². The molecule has 0 heterocycles. The summed E-state index contributed by atoms with van der Waals surface area (Å²) in [7, 11) is -0.960. The Labute approximate surface area is 402 Å². The van der Waals surface area contributed by atoms with Gasteiger partial charge >= 0.3 is 270 Å². The maximum Gasteiger partial charge on any atom is 0.412 e. The van der Waals surface area contributed by atoms with Gasteiger partial charge in [-0.05, 0) is 0 Å². The van der Waals surface area contributed by atoms with Crippen LogP contribution in [0.15, 0.2) is 0 Å². The molecule has 0 aromatic rings. The summed E-state index contributed by atoms with van der Waals surface area (Å²) >= 11 is 0. The van der Waals surface area contributed by atoms with E-state index in [0.717, 1.165) is 0 Å². The van der Waals surface area contributed by atoms with Crippen LogP contribution in [0.4, 0.5) is 0 Å². The van der Waals surface area contributed by atoms with Gasteiger partial charge < -0.3 is 115 Å². The maximum atomic E-state index is 5.16. The molecule has 0 bridgehead atoms. The molecule has 0 saturated carbocycles. The molecule has 0 unspecified atom stereocenters. The summed E-state index contributed by atoms with van der Waals surface area (Å²) in [6, 6.07) is 0. The van der Waals surface area contributed by atoms with Crippen LogP contribution in [0, 0.1) is 0 Å². The van der Waals surface area contributed by atoms with Crippen LogP contribution < -0.4 is 0 Å². The van der Waals surface area contributed by atoms with Crippen LogP contribution in [-0.2, 0) is 115 Å². The van der Waals surface area contributed by atoms with E-state index in [9.17, 15) is 0 Å². The molecule has 60 radical (unpaired) electrons. The molecule has 0 aromatic heterocycles. The van der Waals surface area contributed by atoms with E-state index < -0.39 is 0 Å². The van der Waals surface area contributed by atoms with Gasteiger partial charge in [-0.2, -0.15) is 0 Å². The van der Waals surface area contributed by atoms with E-state index in [1.54, 1.807) is 0 Å². The molecule has 0 aromatic carbocycles. The fraction of sp³-hybridized carbons (Fsp3) is 0. The standard InChI is InChI=1S/O28Si29/c29-1-31-3-33-5-35-7-37-9-39-11-41-13-43-15-45-17-47-19-49-21-51-23-53-25-55-27-57-28-56-26-54-24-52-22-50-20-48-18-46-16-44-14-42-12-40-10-38-8-36-6-34-4-32-2-30. The average molecular weight is 1260 g/mol. The molecule has 28 nitrogen and oxygen atoms in total. The largest absolute Gasteiger partial charge is 0.435 e. The monoisotopic (exact) mass is 1260 g/mol. The lowest BCUT2D eigenvalue weighted by molar-refractivity contribution is 0.353. The second-order valence-corrected chi connectivity index (χ2v) is 32.5. The maximum absolute atomic E-state index is 5.16. The number of rotatable bonds is 54. The van der Waals surface area contributed by atoms with Gasteiger partial charge in [-0.1, -0.05) is 0 Å². The van der Waals surface area contributed by atoms with E-state index in [-0.39, 0.29) is 270 Å². The molecular weight excluding hydrogens is 1260 g/mol. The molecule has 0 fully saturated rings. The van der Waals surface area contributed by atoms with Crippen LogP contribution in [0.3, 0.4) is 0 Å². The van der Waals surface area contributed by atoms with Crippen LogP contribution >= 0.6 is 0 Å². The molecule has 0 aliphatic heterocycles. The highest BCUT2D eigenvalue weighted by Crippen LogP contribution is 1.83. The SMILES string of the molecule is [Si]O[Si]O[Si]O[Si]O[Si]O[Si]O[Si]O[Si]O[Si]O[Si]O[Si]O[Si]O[Si]O[Si]O[Si]O[Si]O[Si]O[Si]O[Si]O[Si]O[Si]O[Si]O[Si]O[Si]O[Si]O[Si]O[Si]O[Si]O[Si]. The highest BCUT2D eigenvalue weighted by Gasteiger charge is 2.09. The normalized spacial score (nSPS) is 11.7. The van der Waals surface area contributed by atoms with Gasteiger partial charge in [0, 0.05) is 0 Å². The minimum atomic E-state index is -0.278. The van der Waals surface area contributed by atoms with Crippen molar-refractivity contribution in [2.24, 2.45) is 0 Å². The first-order valence-electron chi connectivity index (χ1n) is 11.4. The summed E-state index contributed by atoms with van der Waals surface area (Å²) in [5.41, 5.74) is 0. The number of hydrogen-bond donors (Lipinski definition) is 0. The molecule has 0 aliphatic rings. The molecule has 0 rings (SSSR count). The summed E-state index contributed by atoms with van der Waals surface area (Å²) in [6.07, 6.45) is 0. The minimum Gasteiger partial charge on any atom is -0.435 e. The van der Waals surface area contributed by atoms with Gasteiger partial charge in [0.25, 0.3) is 0 Å². The quantitative estimate of drug-likeness (QED) is 0.0405. The van der Waals surface area contributed by atoms with Gasteiger partial charge in [-0.25, -0.2) is 0 Å². The fourth-order valence-corrected chi connectivity index (χ4v) is 19.2. The molecule has 0 atom stereocenters. The summed E-state index contributed by atoms with van der Waals surface area (Å²) in [5.74, 6) is 0. The van der Waals surface area contributed by atoms with Crippen molar-refractivity contribution in [1.82, 2.24) is 0 Å². The molecule has 57 heavy (non-hydrogen) atoms. The first-order chi connectivity index (χ1) is 28.4. The highest BCUT2D eigenvalue weighted by molar-refractivity contribution is 6.53. The Morgan fingerprint density at radius 2 is 0.193 bits per heavy atom. The van der Waals surface area contributed by atoms with Crippen LogP contribution in [-0.4, -0.2) is 291 Å². The zero-order valence-corrected chi connectivity index (χ0v) is 54.9. The lowest BCUT2D eigenvalue weighted by Gasteiger charge is -2.04. The van der Waals surface area contributed by atoms with Gasteiger partial charge in [0.15, 0.2) is 0 Å².